The van der Waals surface area contributed by atoms with Crippen LogP contribution in [0.25, 0.3) is 0 Å². The van der Waals surface area contributed by atoms with E-state index in [0.29, 0.717) is 11.8 Å². The average Bonchev–Trinajstić information content (AvgIpc) is 3.04. The van der Waals surface area contributed by atoms with Crippen molar-refractivity contribution in [1.82, 2.24) is 10.2 Å². The summed E-state index contributed by atoms with van der Waals surface area (Å²) in [6.07, 6.45) is 5.24. The number of hydrogen-bond acceptors (Lipinski definition) is 2. The molecule has 3 unspecified atom stereocenters. The molecule has 3 atom stereocenters. The van der Waals surface area contributed by atoms with Crippen molar-refractivity contribution in [2.45, 2.75) is 58.7 Å². The summed E-state index contributed by atoms with van der Waals surface area (Å²) in [6.45, 7) is 7.36. The average molecular weight is 224 g/mol. The van der Waals surface area contributed by atoms with Gasteiger partial charge in [0.1, 0.15) is 0 Å². The molecule has 3 nitrogen and oxygen atoms in total. The minimum atomic E-state index is 0.0548. The van der Waals surface area contributed by atoms with Gasteiger partial charge in [-0.15, -0.1) is 0 Å². The Morgan fingerprint density at radius 1 is 1.50 bits per heavy atom. The van der Waals surface area contributed by atoms with Crippen LogP contribution in [0.2, 0.25) is 0 Å². The van der Waals surface area contributed by atoms with E-state index in [0.717, 1.165) is 18.9 Å². The van der Waals surface area contributed by atoms with Gasteiger partial charge < -0.3 is 4.90 Å². The predicted molar refractivity (Wildman–Crippen MR) is 64.9 cm³/mol. The van der Waals surface area contributed by atoms with E-state index < -0.39 is 0 Å². The van der Waals surface area contributed by atoms with Gasteiger partial charge in [-0.1, -0.05) is 33.1 Å². The zero-order chi connectivity index (χ0) is 11.7. The van der Waals surface area contributed by atoms with Gasteiger partial charge >= 0.3 is 0 Å². The van der Waals surface area contributed by atoms with Gasteiger partial charge in [-0.05, 0) is 25.2 Å². The van der Waals surface area contributed by atoms with Crippen LogP contribution in [0.1, 0.15) is 46.5 Å². The summed E-state index contributed by atoms with van der Waals surface area (Å²) in [5, 5.41) is 3.42. The lowest BCUT2D eigenvalue weighted by Gasteiger charge is -2.20. The quantitative estimate of drug-likeness (QED) is 0.774. The molecule has 2 rings (SSSR count). The molecule has 3 heteroatoms. The van der Waals surface area contributed by atoms with Crippen LogP contribution in [0.5, 0.6) is 0 Å². The van der Waals surface area contributed by atoms with Crippen LogP contribution in [0, 0.1) is 11.8 Å². The van der Waals surface area contributed by atoms with E-state index in [2.05, 4.69) is 26.1 Å². The molecule has 2 fully saturated rings. The summed E-state index contributed by atoms with van der Waals surface area (Å²) in [5.74, 6) is 1.67. The number of nitrogens with one attached hydrogen (secondary N) is 1. The summed E-state index contributed by atoms with van der Waals surface area (Å²) in [6, 6.07) is 0.0548. The summed E-state index contributed by atoms with van der Waals surface area (Å²) in [7, 11) is 0. The topological polar surface area (TPSA) is 32.3 Å². The first kappa shape index (κ1) is 11.9. The van der Waals surface area contributed by atoms with Crippen molar-refractivity contribution in [1.29, 1.82) is 0 Å². The SMILES string of the molecule is CCC(C)C1NC(C)N(CCC2CC2)C1=O. The van der Waals surface area contributed by atoms with Gasteiger partial charge in [-0.2, -0.15) is 0 Å². The molecule has 1 saturated heterocycles. The van der Waals surface area contributed by atoms with E-state index in [1.807, 2.05) is 4.90 Å². The molecule has 1 saturated carbocycles. The predicted octanol–water partition coefficient (Wildman–Crippen LogP) is 1.98. The third-order valence-electron chi connectivity index (χ3n) is 4.13. The number of hydrogen-bond donors (Lipinski definition) is 1. The Morgan fingerprint density at radius 2 is 2.19 bits per heavy atom. The van der Waals surface area contributed by atoms with Crippen LogP contribution in [0.4, 0.5) is 0 Å². The number of nitrogens with zero attached hydrogens (tertiary/aromatic N) is 1. The first-order chi connectivity index (χ1) is 7.63. The third kappa shape index (κ3) is 2.40. The van der Waals surface area contributed by atoms with E-state index in [-0.39, 0.29) is 12.2 Å². The van der Waals surface area contributed by atoms with E-state index in [4.69, 9.17) is 0 Å². The highest BCUT2D eigenvalue weighted by atomic mass is 16.2. The lowest BCUT2D eigenvalue weighted by molar-refractivity contribution is -0.130. The molecule has 2 aliphatic rings. The van der Waals surface area contributed by atoms with Crippen LogP contribution in [-0.2, 0) is 4.79 Å². The summed E-state index contributed by atoms with van der Waals surface area (Å²) < 4.78 is 0. The number of carbonyl (C=O) groups excluding carboxylic acids is 1. The third-order valence-corrected chi connectivity index (χ3v) is 4.13. The lowest BCUT2D eigenvalue weighted by atomic mass is 9.99. The molecule has 16 heavy (non-hydrogen) atoms. The second-order valence-corrected chi connectivity index (χ2v) is 5.47. The van der Waals surface area contributed by atoms with Crippen molar-refractivity contribution >= 4 is 5.91 Å². The van der Waals surface area contributed by atoms with Crippen molar-refractivity contribution in [3.63, 3.8) is 0 Å². The van der Waals surface area contributed by atoms with E-state index in [1.54, 1.807) is 0 Å². The normalized spacial score (nSPS) is 32.2. The Morgan fingerprint density at radius 3 is 2.75 bits per heavy atom. The molecule has 0 spiro atoms. The Hall–Kier alpha value is -0.570. The van der Waals surface area contributed by atoms with Gasteiger partial charge in [0.2, 0.25) is 5.91 Å². The monoisotopic (exact) mass is 224 g/mol. The molecule has 1 amide bonds. The highest BCUT2D eigenvalue weighted by Crippen LogP contribution is 2.33. The van der Waals surface area contributed by atoms with Gasteiger partial charge in [0, 0.05) is 6.54 Å². The van der Waals surface area contributed by atoms with Crippen molar-refractivity contribution < 1.29 is 4.79 Å². The zero-order valence-electron chi connectivity index (χ0n) is 10.7. The van der Waals surface area contributed by atoms with Crippen LogP contribution >= 0.6 is 0 Å². The first-order valence-corrected chi connectivity index (χ1v) is 6.70. The Kier molecular flexibility index (Phi) is 3.53. The van der Waals surface area contributed by atoms with Gasteiger partial charge in [-0.25, -0.2) is 0 Å². The molecule has 1 heterocycles. The zero-order valence-corrected chi connectivity index (χ0v) is 10.7. The summed E-state index contributed by atoms with van der Waals surface area (Å²) in [5.41, 5.74) is 0. The summed E-state index contributed by atoms with van der Waals surface area (Å²) >= 11 is 0. The molecule has 0 aromatic carbocycles. The molecule has 92 valence electrons. The van der Waals surface area contributed by atoms with E-state index in [9.17, 15) is 4.79 Å². The van der Waals surface area contributed by atoms with Crippen LogP contribution in [-0.4, -0.2) is 29.6 Å². The molecule has 0 aromatic rings. The van der Waals surface area contributed by atoms with Gasteiger partial charge in [0.15, 0.2) is 0 Å². The molecule has 0 bridgehead atoms. The van der Waals surface area contributed by atoms with E-state index in [1.165, 1.54) is 19.3 Å². The van der Waals surface area contributed by atoms with Gasteiger partial charge in [0.05, 0.1) is 12.2 Å². The Balaban J connectivity index is 1.89. The number of amides is 1. The molecule has 1 aliphatic carbocycles. The van der Waals surface area contributed by atoms with Gasteiger partial charge in [-0.3, -0.25) is 10.1 Å². The smallest absolute Gasteiger partial charge is 0.241 e. The number of carbonyl (C=O) groups is 1. The number of rotatable bonds is 5. The molecule has 0 aromatic heterocycles. The fraction of sp³-hybridized carbons (Fsp3) is 0.923. The fourth-order valence-corrected chi connectivity index (χ4v) is 2.47. The maximum absolute atomic E-state index is 12.2. The van der Waals surface area contributed by atoms with Crippen molar-refractivity contribution in [2.24, 2.45) is 11.8 Å². The lowest BCUT2D eigenvalue weighted by Crippen LogP contribution is -2.36. The molecule has 1 aliphatic heterocycles. The minimum Gasteiger partial charge on any atom is -0.326 e. The minimum absolute atomic E-state index is 0.0548. The molecule has 0 radical (unpaired) electrons. The van der Waals surface area contributed by atoms with Crippen LogP contribution in [0.15, 0.2) is 0 Å². The fourth-order valence-electron chi connectivity index (χ4n) is 2.47. The van der Waals surface area contributed by atoms with Crippen molar-refractivity contribution in [3.8, 4) is 0 Å². The Bertz CT molecular complexity index is 263. The second-order valence-electron chi connectivity index (χ2n) is 5.47. The molecule has 1 N–H and O–H groups in total. The van der Waals surface area contributed by atoms with Gasteiger partial charge in [0.25, 0.3) is 0 Å². The Labute approximate surface area is 98.6 Å². The summed E-state index contributed by atoms with van der Waals surface area (Å²) in [4.78, 5) is 14.2. The van der Waals surface area contributed by atoms with Crippen molar-refractivity contribution in [2.75, 3.05) is 6.54 Å². The standard InChI is InChI=1S/C13H24N2O/c1-4-9(2)12-13(16)15(10(3)14-12)8-7-11-5-6-11/h9-12,14H,4-8H2,1-3H3. The highest BCUT2D eigenvalue weighted by Gasteiger charge is 2.39. The molecular formula is C13H24N2O. The largest absolute Gasteiger partial charge is 0.326 e. The maximum Gasteiger partial charge on any atom is 0.241 e. The maximum atomic E-state index is 12.2. The van der Waals surface area contributed by atoms with Crippen LogP contribution in [0.3, 0.4) is 0 Å². The van der Waals surface area contributed by atoms with Crippen LogP contribution < -0.4 is 5.32 Å². The first-order valence-electron chi connectivity index (χ1n) is 6.70. The molecular weight excluding hydrogens is 200 g/mol. The highest BCUT2D eigenvalue weighted by molar-refractivity contribution is 5.84. The van der Waals surface area contributed by atoms with E-state index >= 15 is 0 Å². The second kappa shape index (κ2) is 4.74. The van der Waals surface area contributed by atoms with Crippen molar-refractivity contribution in [3.05, 3.63) is 0 Å².